The summed E-state index contributed by atoms with van der Waals surface area (Å²) in [4.78, 5) is 2.66. The van der Waals surface area contributed by atoms with Crippen molar-refractivity contribution in [2.45, 2.75) is 57.4 Å². The second-order valence-electron chi connectivity index (χ2n) is 5.30. The Bertz CT molecular complexity index is 170. The van der Waals surface area contributed by atoms with Crippen LogP contribution in [-0.4, -0.2) is 24.0 Å². The van der Waals surface area contributed by atoms with Gasteiger partial charge in [0.15, 0.2) is 0 Å². The summed E-state index contributed by atoms with van der Waals surface area (Å²) >= 11 is 0. The molecule has 1 heterocycles. The summed E-state index contributed by atoms with van der Waals surface area (Å²) in [6, 6.07) is 0. The van der Waals surface area contributed by atoms with Gasteiger partial charge in [0.1, 0.15) is 0 Å². The maximum Gasteiger partial charge on any atom is 0.0209 e. The Morgan fingerprint density at radius 1 is 1.15 bits per heavy atom. The predicted molar refractivity (Wildman–Crippen MR) is 56.8 cm³/mol. The van der Waals surface area contributed by atoms with Gasteiger partial charge in [0.2, 0.25) is 0 Å². The highest BCUT2D eigenvalue weighted by molar-refractivity contribution is 4.95. The zero-order valence-electron chi connectivity index (χ0n) is 9.18. The third-order valence-corrected chi connectivity index (χ3v) is 4.28. The first-order valence-corrected chi connectivity index (χ1v) is 5.94. The summed E-state index contributed by atoms with van der Waals surface area (Å²) in [5.74, 6) is 0.967. The van der Waals surface area contributed by atoms with Crippen LogP contribution in [0.15, 0.2) is 0 Å². The van der Waals surface area contributed by atoms with Crippen LogP contribution in [0.2, 0.25) is 0 Å². The third kappa shape index (κ3) is 1.76. The molecular weight excluding hydrogens is 158 g/mol. The van der Waals surface area contributed by atoms with Crippen LogP contribution in [0.5, 0.6) is 0 Å². The van der Waals surface area contributed by atoms with Crippen LogP contribution in [-0.2, 0) is 0 Å². The molecule has 0 radical (unpaired) electrons. The van der Waals surface area contributed by atoms with Crippen molar-refractivity contribution in [3.8, 4) is 0 Å². The average Bonchev–Trinajstić information content (AvgIpc) is 2.14. The van der Waals surface area contributed by atoms with Crippen molar-refractivity contribution in [3.05, 3.63) is 0 Å². The standard InChI is InChI=1S/C12H23N/c1-11-6-9-13(2)12(10-11)7-4-3-5-8-12/h11H,3-10H2,1-2H3/t11-/m0/s1. The van der Waals surface area contributed by atoms with Crippen molar-refractivity contribution in [1.29, 1.82) is 0 Å². The van der Waals surface area contributed by atoms with Gasteiger partial charge in [-0.05, 0) is 45.2 Å². The molecule has 0 amide bonds. The summed E-state index contributed by atoms with van der Waals surface area (Å²) in [5.41, 5.74) is 0.621. The van der Waals surface area contributed by atoms with Gasteiger partial charge in [-0.3, -0.25) is 0 Å². The van der Waals surface area contributed by atoms with Crippen LogP contribution in [0.3, 0.4) is 0 Å². The van der Waals surface area contributed by atoms with E-state index in [1.165, 1.54) is 51.5 Å². The molecule has 2 fully saturated rings. The lowest BCUT2D eigenvalue weighted by Gasteiger charge is -2.50. The largest absolute Gasteiger partial charge is 0.301 e. The maximum absolute atomic E-state index is 2.66. The van der Waals surface area contributed by atoms with Crippen molar-refractivity contribution in [2.75, 3.05) is 13.6 Å². The van der Waals surface area contributed by atoms with E-state index in [1.54, 1.807) is 0 Å². The van der Waals surface area contributed by atoms with E-state index < -0.39 is 0 Å². The third-order valence-electron chi connectivity index (χ3n) is 4.28. The van der Waals surface area contributed by atoms with Gasteiger partial charge in [0, 0.05) is 5.54 Å². The summed E-state index contributed by atoms with van der Waals surface area (Å²) in [6.07, 6.45) is 10.2. The molecule has 1 saturated heterocycles. The summed E-state index contributed by atoms with van der Waals surface area (Å²) in [7, 11) is 2.34. The molecule has 0 aromatic carbocycles. The van der Waals surface area contributed by atoms with E-state index in [9.17, 15) is 0 Å². The number of nitrogens with zero attached hydrogens (tertiary/aromatic N) is 1. The Kier molecular flexibility index (Phi) is 2.64. The lowest BCUT2D eigenvalue weighted by Crippen LogP contribution is -2.52. The first-order chi connectivity index (χ1) is 6.23. The van der Waals surface area contributed by atoms with Gasteiger partial charge in [-0.1, -0.05) is 26.2 Å². The van der Waals surface area contributed by atoms with Crippen LogP contribution in [0.1, 0.15) is 51.9 Å². The first kappa shape index (κ1) is 9.51. The minimum atomic E-state index is 0.621. The van der Waals surface area contributed by atoms with E-state index in [0.717, 1.165) is 5.92 Å². The van der Waals surface area contributed by atoms with Crippen molar-refractivity contribution in [3.63, 3.8) is 0 Å². The van der Waals surface area contributed by atoms with E-state index in [0.29, 0.717) is 5.54 Å². The van der Waals surface area contributed by atoms with Gasteiger partial charge < -0.3 is 4.90 Å². The Morgan fingerprint density at radius 2 is 1.85 bits per heavy atom. The highest BCUT2D eigenvalue weighted by Gasteiger charge is 2.39. The lowest BCUT2D eigenvalue weighted by molar-refractivity contribution is 0.0159. The molecule has 76 valence electrons. The molecule has 13 heavy (non-hydrogen) atoms. The Hall–Kier alpha value is -0.0400. The minimum Gasteiger partial charge on any atom is -0.301 e. The molecule has 0 aromatic rings. The van der Waals surface area contributed by atoms with Gasteiger partial charge in [-0.2, -0.15) is 0 Å². The normalized spacial score (nSPS) is 35.1. The second-order valence-corrected chi connectivity index (χ2v) is 5.30. The Labute approximate surface area is 82.5 Å². The molecule has 2 rings (SSSR count). The van der Waals surface area contributed by atoms with Crippen molar-refractivity contribution >= 4 is 0 Å². The predicted octanol–water partition coefficient (Wildman–Crippen LogP) is 3.05. The van der Waals surface area contributed by atoms with Gasteiger partial charge in [0.05, 0.1) is 0 Å². The molecule has 1 aliphatic heterocycles. The molecule has 1 heteroatoms. The zero-order valence-corrected chi connectivity index (χ0v) is 9.18. The molecule has 0 bridgehead atoms. The van der Waals surface area contributed by atoms with Crippen molar-refractivity contribution in [1.82, 2.24) is 4.90 Å². The maximum atomic E-state index is 2.66. The number of hydrogen-bond acceptors (Lipinski definition) is 1. The van der Waals surface area contributed by atoms with Gasteiger partial charge in [-0.25, -0.2) is 0 Å². The molecule has 0 N–H and O–H groups in total. The van der Waals surface area contributed by atoms with E-state index in [4.69, 9.17) is 0 Å². The SMILES string of the molecule is C[C@H]1CCN(C)C2(CCCCC2)C1. The minimum absolute atomic E-state index is 0.621. The summed E-state index contributed by atoms with van der Waals surface area (Å²) in [6.45, 7) is 3.77. The average molecular weight is 181 g/mol. The van der Waals surface area contributed by atoms with Crippen LogP contribution in [0.4, 0.5) is 0 Å². The molecule has 1 nitrogen and oxygen atoms in total. The second kappa shape index (κ2) is 3.61. The molecule has 1 spiro atoms. The lowest BCUT2D eigenvalue weighted by atomic mass is 9.72. The smallest absolute Gasteiger partial charge is 0.0209 e. The van der Waals surface area contributed by atoms with E-state index in [-0.39, 0.29) is 0 Å². The molecule has 0 unspecified atom stereocenters. The van der Waals surface area contributed by atoms with Gasteiger partial charge >= 0.3 is 0 Å². The molecule has 0 aromatic heterocycles. The van der Waals surface area contributed by atoms with Crippen molar-refractivity contribution in [2.24, 2.45) is 5.92 Å². The van der Waals surface area contributed by atoms with E-state index >= 15 is 0 Å². The molecule has 1 atom stereocenters. The highest BCUT2D eigenvalue weighted by Crippen LogP contribution is 2.41. The number of rotatable bonds is 0. The van der Waals surface area contributed by atoms with Crippen LogP contribution >= 0.6 is 0 Å². The number of hydrogen-bond donors (Lipinski definition) is 0. The number of likely N-dealkylation sites (tertiary alicyclic amines) is 1. The summed E-state index contributed by atoms with van der Waals surface area (Å²) < 4.78 is 0. The fourth-order valence-electron chi connectivity index (χ4n) is 3.35. The fourth-order valence-corrected chi connectivity index (χ4v) is 3.35. The highest BCUT2D eigenvalue weighted by atomic mass is 15.2. The molecular formula is C12H23N. The molecule has 1 saturated carbocycles. The molecule has 1 aliphatic carbocycles. The molecule has 2 aliphatic rings. The Balaban J connectivity index is 2.07. The van der Waals surface area contributed by atoms with Crippen LogP contribution in [0, 0.1) is 5.92 Å². The van der Waals surface area contributed by atoms with Crippen LogP contribution in [0.25, 0.3) is 0 Å². The zero-order chi connectivity index (χ0) is 9.31. The number of piperidine rings is 1. The van der Waals surface area contributed by atoms with Crippen LogP contribution < -0.4 is 0 Å². The van der Waals surface area contributed by atoms with E-state index in [1.807, 2.05) is 0 Å². The summed E-state index contributed by atoms with van der Waals surface area (Å²) in [5, 5.41) is 0. The van der Waals surface area contributed by atoms with Crippen molar-refractivity contribution < 1.29 is 0 Å². The van der Waals surface area contributed by atoms with Gasteiger partial charge in [-0.15, -0.1) is 0 Å². The Morgan fingerprint density at radius 3 is 2.54 bits per heavy atom. The monoisotopic (exact) mass is 181 g/mol. The van der Waals surface area contributed by atoms with E-state index in [2.05, 4.69) is 18.9 Å². The topological polar surface area (TPSA) is 3.24 Å². The first-order valence-electron chi connectivity index (χ1n) is 5.94. The van der Waals surface area contributed by atoms with Gasteiger partial charge in [0.25, 0.3) is 0 Å². The fraction of sp³-hybridized carbons (Fsp3) is 1.00. The quantitative estimate of drug-likeness (QED) is 0.555.